The molecule has 0 unspecified atom stereocenters. The SMILES string of the molecule is C=Cc1c(N)n[nH]c1C(=NC)C(C)(C)C.CC. The summed E-state index contributed by atoms with van der Waals surface area (Å²) in [5.74, 6) is 0.463. The zero-order valence-corrected chi connectivity index (χ0v) is 11.8. The van der Waals surface area contributed by atoms with E-state index in [0.29, 0.717) is 5.82 Å². The first-order valence-corrected chi connectivity index (χ1v) is 5.85. The van der Waals surface area contributed by atoms with Crippen LogP contribution in [0.4, 0.5) is 5.82 Å². The topological polar surface area (TPSA) is 67.1 Å². The molecule has 1 aromatic rings. The second-order valence-electron chi connectivity index (χ2n) is 4.42. The number of aromatic amines is 1. The number of anilines is 1. The standard InChI is InChI=1S/C11H18N4.C2H6/c1-6-7-8(14-15-10(7)12)9(13-5)11(2,3)4;1-2/h6H,1H2,2-5H3,(H3,12,14,15);1-2H3. The molecular formula is C13H24N4. The van der Waals surface area contributed by atoms with E-state index in [2.05, 4.69) is 42.5 Å². The molecular weight excluding hydrogens is 212 g/mol. The van der Waals surface area contributed by atoms with Crippen LogP contribution in [0.3, 0.4) is 0 Å². The first-order valence-electron chi connectivity index (χ1n) is 5.85. The van der Waals surface area contributed by atoms with Crippen LogP contribution in [-0.4, -0.2) is 23.0 Å². The summed E-state index contributed by atoms with van der Waals surface area (Å²) in [5, 5.41) is 6.88. The van der Waals surface area contributed by atoms with Crippen LogP contribution >= 0.6 is 0 Å². The number of nitrogens with one attached hydrogen (secondary N) is 1. The molecule has 0 aliphatic heterocycles. The summed E-state index contributed by atoms with van der Waals surface area (Å²) in [6.45, 7) is 14.0. The largest absolute Gasteiger partial charge is 0.382 e. The van der Waals surface area contributed by atoms with Crippen LogP contribution in [0.1, 0.15) is 45.9 Å². The molecule has 0 radical (unpaired) electrons. The average molecular weight is 236 g/mol. The van der Waals surface area contributed by atoms with Gasteiger partial charge in [0.15, 0.2) is 5.82 Å². The second kappa shape index (κ2) is 6.23. The molecule has 0 aliphatic carbocycles. The molecule has 1 aromatic heterocycles. The van der Waals surface area contributed by atoms with Crippen LogP contribution < -0.4 is 5.73 Å². The van der Waals surface area contributed by atoms with Gasteiger partial charge in [0.05, 0.1) is 11.4 Å². The molecule has 4 heteroatoms. The van der Waals surface area contributed by atoms with Crippen LogP contribution in [0.5, 0.6) is 0 Å². The third kappa shape index (κ3) is 3.44. The van der Waals surface area contributed by atoms with Crippen LogP contribution in [-0.2, 0) is 0 Å². The van der Waals surface area contributed by atoms with Gasteiger partial charge in [0.25, 0.3) is 0 Å². The molecule has 0 amide bonds. The van der Waals surface area contributed by atoms with Gasteiger partial charge in [-0.25, -0.2) is 0 Å². The summed E-state index contributed by atoms with van der Waals surface area (Å²) in [5.41, 5.74) is 8.30. The minimum atomic E-state index is -0.0501. The van der Waals surface area contributed by atoms with Crippen molar-refractivity contribution >= 4 is 17.6 Å². The Hall–Kier alpha value is -1.58. The van der Waals surface area contributed by atoms with E-state index in [1.54, 1.807) is 13.1 Å². The van der Waals surface area contributed by atoms with Gasteiger partial charge in [-0.05, 0) is 0 Å². The van der Waals surface area contributed by atoms with Gasteiger partial charge in [-0.2, -0.15) is 5.10 Å². The van der Waals surface area contributed by atoms with Gasteiger partial charge in [-0.3, -0.25) is 10.1 Å². The molecule has 0 bridgehead atoms. The van der Waals surface area contributed by atoms with Gasteiger partial charge in [0.1, 0.15) is 0 Å². The van der Waals surface area contributed by atoms with Gasteiger partial charge >= 0.3 is 0 Å². The Morgan fingerprint density at radius 3 is 2.29 bits per heavy atom. The smallest absolute Gasteiger partial charge is 0.153 e. The number of H-pyrrole nitrogens is 1. The molecule has 0 saturated heterocycles. The third-order valence-corrected chi connectivity index (χ3v) is 2.21. The van der Waals surface area contributed by atoms with E-state index in [0.717, 1.165) is 17.0 Å². The zero-order valence-electron chi connectivity index (χ0n) is 11.8. The number of hydrogen-bond acceptors (Lipinski definition) is 3. The Labute approximate surface area is 104 Å². The van der Waals surface area contributed by atoms with Gasteiger partial charge in [-0.15, -0.1) is 0 Å². The zero-order chi connectivity index (χ0) is 13.6. The number of rotatable bonds is 2. The molecule has 0 spiro atoms. The summed E-state index contributed by atoms with van der Waals surface area (Å²) in [4.78, 5) is 4.29. The summed E-state index contributed by atoms with van der Waals surface area (Å²) in [6, 6.07) is 0. The Balaban J connectivity index is 0.00000121. The number of nitrogens with two attached hydrogens (primary N) is 1. The predicted octanol–water partition coefficient (Wildman–Crippen LogP) is 3.13. The van der Waals surface area contributed by atoms with Crippen molar-refractivity contribution in [2.24, 2.45) is 10.4 Å². The fourth-order valence-corrected chi connectivity index (χ4v) is 1.57. The minimum absolute atomic E-state index is 0.0501. The van der Waals surface area contributed by atoms with Crippen LogP contribution in [0.25, 0.3) is 6.08 Å². The highest BCUT2D eigenvalue weighted by atomic mass is 15.2. The first kappa shape index (κ1) is 15.4. The van der Waals surface area contributed by atoms with E-state index in [1.807, 2.05) is 13.8 Å². The molecule has 1 heterocycles. The fourth-order valence-electron chi connectivity index (χ4n) is 1.57. The minimum Gasteiger partial charge on any atom is -0.382 e. The molecule has 4 nitrogen and oxygen atoms in total. The lowest BCUT2D eigenvalue weighted by Crippen LogP contribution is -2.22. The van der Waals surface area contributed by atoms with E-state index >= 15 is 0 Å². The normalized spacial score (nSPS) is 11.8. The maximum absolute atomic E-state index is 5.72. The fraction of sp³-hybridized carbons (Fsp3) is 0.538. The highest BCUT2D eigenvalue weighted by Crippen LogP contribution is 2.25. The molecule has 0 fully saturated rings. The van der Waals surface area contributed by atoms with Gasteiger partial charge < -0.3 is 5.73 Å². The quantitative estimate of drug-likeness (QED) is 0.775. The first-order chi connectivity index (χ1) is 7.91. The van der Waals surface area contributed by atoms with Crippen molar-refractivity contribution in [3.8, 4) is 0 Å². The summed E-state index contributed by atoms with van der Waals surface area (Å²) >= 11 is 0. The summed E-state index contributed by atoms with van der Waals surface area (Å²) in [7, 11) is 1.77. The molecule has 0 saturated carbocycles. The van der Waals surface area contributed by atoms with Crippen LogP contribution in [0.2, 0.25) is 0 Å². The third-order valence-electron chi connectivity index (χ3n) is 2.21. The maximum Gasteiger partial charge on any atom is 0.153 e. The van der Waals surface area contributed by atoms with Crippen molar-refractivity contribution in [3.63, 3.8) is 0 Å². The van der Waals surface area contributed by atoms with Crippen molar-refractivity contribution in [2.45, 2.75) is 34.6 Å². The van der Waals surface area contributed by atoms with Gasteiger partial charge in [0, 0.05) is 18.0 Å². The van der Waals surface area contributed by atoms with Crippen molar-refractivity contribution in [2.75, 3.05) is 12.8 Å². The van der Waals surface area contributed by atoms with Crippen molar-refractivity contribution in [1.82, 2.24) is 10.2 Å². The number of hydrogen-bond donors (Lipinski definition) is 2. The number of nitrogen functional groups attached to an aromatic ring is 1. The number of aromatic nitrogens is 2. The van der Waals surface area contributed by atoms with E-state index in [1.165, 1.54) is 0 Å². The number of nitrogens with zero attached hydrogens (tertiary/aromatic N) is 2. The lowest BCUT2D eigenvalue weighted by molar-refractivity contribution is 0.589. The number of aliphatic imine (C=N–C) groups is 1. The maximum atomic E-state index is 5.72. The lowest BCUT2D eigenvalue weighted by atomic mass is 9.86. The second-order valence-corrected chi connectivity index (χ2v) is 4.42. The molecule has 0 aliphatic rings. The monoisotopic (exact) mass is 236 g/mol. The van der Waals surface area contributed by atoms with Gasteiger partial charge in [-0.1, -0.05) is 47.3 Å². The average Bonchev–Trinajstić information content (AvgIpc) is 2.62. The van der Waals surface area contributed by atoms with Crippen LogP contribution in [0, 0.1) is 5.41 Å². The Morgan fingerprint density at radius 1 is 1.41 bits per heavy atom. The van der Waals surface area contributed by atoms with Gasteiger partial charge in [0.2, 0.25) is 0 Å². The van der Waals surface area contributed by atoms with Crippen molar-refractivity contribution in [1.29, 1.82) is 0 Å². The molecule has 96 valence electrons. The molecule has 3 N–H and O–H groups in total. The van der Waals surface area contributed by atoms with E-state index < -0.39 is 0 Å². The van der Waals surface area contributed by atoms with E-state index in [9.17, 15) is 0 Å². The lowest BCUT2D eigenvalue weighted by Gasteiger charge is -2.20. The van der Waals surface area contributed by atoms with E-state index in [-0.39, 0.29) is 5.41 Å². The van der Waals surface area contributed by atoms with Crippen molar-refractivity contribution < 1.29 is 0 Å². The Kier molecular flexibility index (Phi) is 5.65. The molecule has 17 heavy (non-hydrogen) atoms. The molecule has 0 atom stereocenters. The van der Waals surface area contributed by atoms with E-state index in [4.69, 9.17) is 5.73 Å². The van der Waals surface area contributed by atoms with Crippen LogP contribution in [0.15, 0.2) is 11.6 Å². The highest BCUT2D eigenvalue weighted by molar-refractivity contribution is 6.06. The molecule has 1 rings (SSSR count). The molecule has 0 aromatic carbocycles. The van der Waals surface area contributed by atoms with Crippen molar-refractivity contribution in [3.05, 3.63) is 17.8 Å². The highest BCUT2D eigenvalue weighted by Gasteiger charge is 2.24. The summed E-state index contributed by atoms with van der Waals surface area (Å²) < 4.78 is 0. The Bertz CT molecular complexity index is 394. The predicted molar refractivity (Wildman–Crippen MR) is 76.4 cm³/mol. The summed E-state index contributed by atoms with van der Waals surface area (Å²) in [6.07, 6.45) is 1.70. The Morgan fingerprint density at radius 2 is 1.94 bits per heavy atom.